The van der Waals surface area contributed by atoms with Crippen LogP contribution in [0.5, 0.6) is 0 Å². The third-order valence-corrected chi connectivity index (χ3v) is 4.24. The van der Waals surface area contributed by atoms with Gasteiger partial charge in [0.15, 0.2) is 0 Å². The first-order valence-corrected chi connectivity index (χ1v) is 6.20. The van der Waals surface area contributed by atoms with Crippen molar-refractivity contribution in [3.63, 3.8) is 0 Å². The number of benzene rings is 1. The first-order chi connectivity index (χ1) is 7.36. The summed E-state index contributed by atoms with van der Waals surface area (Å²) >= 11 is 0. The molecule has 0 spiro atoms. The number of nitrogen functional groups attached to an aromatic ring is 1. The van der Waals surface area contributed by atoms with E-state index in [1.165, 1.54) is 37.7 Å². The van der Waals surface area contributed by atoms with Crippen LogP contribution in [0.3, 0.4) is 0 Å². The predicted molar refractivity (Wildman–Crippen MR) is 63.7 cm³/mol. The van der Waals surface area contributed by atoms with Gasteiger partial charge in [0.1, 0.15) is 0 Å². The van der Waals surface area contributed by atoms with E-state index in [2.05, 4.69) is 12.1 Å². The number of hydrogen-bond acceptors (Lipinski definition) is 1. The Balaban J connectivity index is 1.73. The maximum absolute atomic E-state index is 6.02. The molecule has 1 heteroatoms. The van der Waals surface area contributed by atoms with Crippen molar-refractivity contribution in [3.05, 3.63) is 29.8 Å². The highest BCUT2D eigenvalue weighted by Crippen LogP contribution is 2.56. The van der Waals surface area contributed by atoms with Gasteiger partial charge in [-0.2, -0.15) is 0 Å². The van der Waals surface area contributed by atoms with Gasteiger partial charge in [0, 0.05) is 5.69 Å². The van der Waals surface area contributed by atoms with Crippen molar-refractivity contribution >= 4 is 5.69 Å². The number of hydrogen-bond donors (Lipinski definition) is 1. The highest BCUT2D eigenvalue weighted by molar-refractivity contribution is 5.50. The molecule has 2 saturated carbocycles. The largest absolute Gasteiger partial charge is 0.398 e. The van der Waals surface area contributed by atoms with Gasteiger partial charge in [-0.3, -0.25) is 0 Å². The minimum absolute atomic E-state index is 0.786. The topological polar surface area (TPSA) is 26.0 Å². The van der Waals surface area contributed by atoms with E-state index >= 15 is 0 Å². The zero-order valence-electron chi connectivity index (χ0n) is 9.15. The Labute approximate surface area is 91.7 Å². The van der Waals surface area contributed by atoms with Gasteiger partial charge in [0.25, 0.3) is 0 Å². The van der Waals surface area contributed by atoms with E-state index in [-0.39, 0.29) is 0 Å². The lowest BCUT2D eigenvalue weighted by Gasteiger charge is -2.09. The van der Waals surface area contributed by atoms with E-state index in [0.717, 1.165) is 23.4 Å². The molecule has 0 amide bonds. The molecule has 80 valence electrons. The van der Waals surface area contributed by atoms with Crippen molar-refractivity contribution in [1.29, 1.82) is 0 Å². The maximum atomic E-state index is 6.02. The molecule has 2 aliphatic carbocycles. The molecule has 2 N–H and O–H groups in total. The first kappa shape index (κ1) is 9.26. The minimum Gasteiger partial charge on any atom is -0.398 e. The Kier molecular flexibility index (Phi) is 2.19. The summed E-state index contributed by atoms with van der Waals surface area (Å²) in [6.07, 6.45) is 7.23. The molecule has 0 radical (unpaired) electrons. The summed E-state index contributed by atoms with van der Waals surface area (Å²) in [5.41, 5.74) is 8.44. The van der Waals surface area contributed by atoms with Crippen molar-refractivity contribution in [2.24, 2.45) is 11.8 Å². The van der Waals surface area contributed by atoms with Crippen LogP contribution < -0.4 is 5.73 Å². The molecule has 1 aromatic rings. The van der Waals surface area contributed by atoms with Gasteiger partial charge < -0.3 is 5.73 Å². The van der Waals surface area contributed by atoms with Gasteiger partial charge in [-0.1, -0.05) is 43.9 Å². The highest BCUT2D eigenvalue weighted by Gasteiger charge is 2.44. The molecule has 2 aliphatic rings. The summed E-state index contributed by atoms with van der Waals surface area (Å²) in [4.78, 5) is 0. The van der Waals surface area contributed by atoms with E-state index in [0.29, 0.717) is 0 Å². The molecule has 3 rings (SSSR count). The van der Waals surface area contributed by atoms with Gasteiger partial charge in [0.2, 0.25) is 0 Å². The molecule has 2 fully saturated rings. The minimum atomic E-state index is 0.786. The predicted octanol–water partition coefficient (Wildman–Crippen LogP) is 3.56. The van der Waals surface area contributed by atoms with Crippen LogP contribution in [0.2, 0.25) is 0 Å². The summed E-state index contributed by atoms with van der Waals surface area (Å²) < 4.78 is 0. The molecule has 0 bridgehead atoms. The molecule has 0 saturated heterocycles. The summed E-state index contributed by atoms with van der Waals surface area (Å²) in [7, 11) is 0. The lowest BCUT2D eigenvalue weighted by atomic mass is 9.97. The van der Waals surface area contributed by atoms with Gasteiger partial charge in [-0.15, -0.1) is 0 Å². The SMILES string of the molecule is Nc1ccccc1C1CC1C1CCCC1. The molecular formula is C14H19N. The number of rotatable bonds is 2. The third-order valence-electron chi connectivity index (χ3n) is 4.24. The quantitative estimate of drug-likeness (QED) is 0.727. The van der Waals surface area contributed by atoms with Crippen molar-refractivity contribution in [2.75, 3.05) is 5.73 Å². The fourth-order valence-corrected chi connectivity index (χ4v) is 3.33. The molecule has 1 aromatic carbocycles. The van der Waals surface area contributed by atoms with Crippen LogP contribution in [0.15, 0.2) is 24.3 Å². The normalized spacial score (nSPS) is 30.7. The Morgan fingerprint density at radius 2 is 1.80 bits per heavy atom. The van der Waals surface area contributed by atoms with Crippen LogP contribution in [0.4, 0.5) is 5.69 Å². The Morgan fingerprint density at radius 3 is 2.53 bits per heavy atom. The fraction of sp³-hybridized carbons (Fsp3) is 0.571. The van der Waals surface area contributed by atoms with Crippen LogP contribution >= 0.6 is 0 Å². The van der Waals surface area contributed by atoms with Crippen molar-refractivity contribution in [3.8, 4) is 0 Å². The first-order valence-electron chi connectivity index (χ1n) is 6.20. The average molecular weight is 201 g/mol. The molecule has 15 heavy (non-hydrogen) atoms. The second-order valence-electron chi connectivity index (χ2n) is 5.18. The van der Waals surface area contributed by atoms with Crippen LogP contribution in [-0.2, 0) is 0 Å². The Hall–Kier alpha value is -0.980. The van der Waals surface area contributed by atoms with Gasteiger partial charge in [-0.05, 0) is 35.8 Å². The lowest BCUT2D eigenvalue weighted by molar-refractivity contribution is 0.469. The van der Waals surface area contributed by atoms with Crippen LogP contribution in [0.25, 0.3) is 0 Å². The molecule has 2 atom stereocenters. The van der Waals surface area contributed by atoms with Crippen LogP contribution in [0, 0.1) is 11.8 Å². The second kappa shape index (κ2) is 3.55. The molecule has 0 aromatic heterocycles. The maximum Gasteiger partial charge on any atom is 0.0349 e. The number of anilines is 1. The summed E-state index contributed by atoms with van der Waals surface area (Å²) in [5.74, 6) is 2.75. The van der Waals surface area contributed by atoms with E-state index in [1.807, 2.05) is 12.1 Å². The summed E-state index contributed by atoms with van der Waals surface area (Å²) in [6, 6.07) is 8.41. The number of nitrogens with two attached hydrogens (primary N) is 1. The van der Waals surface area contributed by atoms with Crippen LogP contribution in [0.1, 0.15) is 43.6 Å². The second-order valence-corrected chi connectivity index (χ2v) is 5.18. The lowest BCUT2D eigenvalue weighted by Crippen LogP contribution is -1.99. The van der Waals surface area contributed by atoms with E-state index in [1.54, 1.807) is 0 Å². The van der Waals surface area contributed by atoms with E-state index in [9.17, 15) is 0 Å². The summed E-state index contributed by atoms with van der Waals surface area (Å²) in [6.45, 7) is 0. The smallest absolute Gasteiger partial charge is 0.0349 e. The van der Waals surface area contributed by atoms with Crippen molar-refractivity contribution in [1.82, 2.24) is 0 Å². The zero-order chi connectivity index (χ0) is 10.3. The molecular weight excluding hydrogens is 182 g/mol. The average Bonchev–Trinajstić information content (AvgIpc) is 2.85. The van der Waals surface area contributed by atoms with E-state index < -0.39 is 0 Å². The van der Waals surface area contributed by atoms with Gasteiger partial charge in [-0.25, -0.2) is 0 Å². The molecule has 0 aliphatic heterocycles. The Bertz CT molecular complexity index is 352. The number of para-hydroxylation sites is 1. The zero-order valence-corrected chi connectivity index (χ0v) is 9.15. The Morgan fingerprint density at radius 1 is 1.07 bits per heavy atom. The standard InChI is InChI=1S/C14H19N/c15-14-8-4-3-7-11(14)13-9-12(13)10-5-1-2-6-10/h3-4,7-8,10,12-13H,1-2,5-6,9,15H2. The van der Waals surface area contributed by atoms with Crippen molar-refractivity contribution in [2.45, 2.75) is 38.0 Å². The molecule has 1 nitrogen and oxygen atoms in total. The van der Waals surface area contributed by atoms with E-state index in [4.69, 9.17) is 5.73 Å². The monoisotopic (exact) mass is 201 g/mol. The third kappa shape index (κ3) is 1.64. The molecule has 0 heterocycles. The fourth-order valence-electron chi connectivity index (χ4n) is 3.33. The molecule has 2 unspecified atom stereocenters. The van der Waals surface area contributed by atoms with Crippen LogP contribution in [-0.4, -0.2) is 0 Å². The van der Waals surface area contributed by atoms with Gasteiger partial charge >= 0.3 is 0 Å². The van der Waals surface area contributed by atoms with Crippen molar-refractivity contribution < 1.29 is 0 Å². The summed E-state index contributed by atoms with van der Waals surface area (Å²) in [5, 5.41) is 0. The highest BCUT2D eigenvalue weighted by atomic mass is 14.6. The van der Waals surface area contributed by atoms with Gasteiger partial charge in [0.05, 0.1) is 0 Å².